The summed E-state index contributed by atoms with van der Waals surface area (Å²) in [4.78, 5) is 31.6. The lowest BCUT2D eigenvalue weighted by Crippen LogP contribution is -2.49. The number of hydrogen-bond acceptors (Lipinski definition) is 7. The minimum Gasteiger partial charge on any atom is -0.369 e. The first-order valence-corrected chi connectivity index (χ1v) is 8.79. The van der Waals surface area contributed by atoms with Crippen LogP contribution in [-0.4, -0.2) is 84.0 Å². The van der Waals surface area contributed by atoms with Gasteiger partial charge in [0.2, 0.25) is 0 Å². The van der Waals surface area contributed by atoms with Gasteiger partial charge in [0.1, 0.15) is 23.7 Å². The van der Waals surface area contributed by atoms with Crippen LogP contribution in [0.1, 0.15) is 10.5 Å². The molecule has 8 nitrogen and oxygen atoms in total. The Balaban J connectivity index is 1.56. The highest BCUT2D eigenvalue weighted by molar-refractivity contribution is 5.93. The summed E-state index contributed by atoms with van der Waals surface area (Å²) >= 11 is 0. The Labute approximate surface area is 153 Å². The largest absolute Gasteiger partial charge is 0.369 e. The molecule has 0 atom stereocenters. The second-order valence-electron chi connectivity index (χ2n) is 6.49. The topological polar surface area (TPSA) is 77.5 Å². The second-order valence-corrected chi connectivity index (χ2v) is 6.49. The number of carbonyl (C=O) groups is 1. The Hall–Kier alpha value is -2.74. The molecule has 26 heavy (non-hydrogen) atoms. The highest BCUT2D eigenvalue weighted by Gasteiger charge is 2.23. The highest BCUT2D eigenvalue weighted by atomic mass is 16.2. The van der Waals surface area contributed by atoms with Gasteiger partial charge in [-0.2, -0.15) is 0 Å². The van der Waals surface area contributed by atoms with E-state index in [0.29, 0.717) is 24.6 Å². The molecule has 1 saturated heterocycles. The van der Waals surface area contributed by atoms with E-state index in [4.69, 9.17) is 0 Å². The minimum atomic E-state index is -0.0521. The Morgan fingerprint density at radius 3 is 2.65 bits per heavy atom. The third-order valence-corrected chi connectivity index (χ3v) is 4.29. The molecule has 2 aromatic heterocycles. The molecular weight excluding hydrogens is 330 g/mol. The van der Waals surface area contributed by atoms with Crippen LogP contribution in [0.5, 0.6) is 0 Å². The average Bonchev–Trinajstić information content (AvgIpc) is 2.68. The molecule has 2 aromatic rings. The Morgan fingerprint density at radius 2 is 1.96 bits per heavy atom. The van der Waals surface area contributed by atoms with Gasteiger partial charge in [0.05, 0.1) is 0 Å². The minimum absolute atomic E-state index is 0.0521. The highest BCUT2D eigenvalue weighted by Crippen LogP contribution is 2.14. The molecular formula is C18H25N7O. The van der Waals surface area contributed by atoms with Crippen molar-refractivity contribution in [2.45, 2.75) is 0 Å². The van der Waals surface area contributed by atoms with Gasteiger partial charge in [0.25, 0.3) is 5.91 Å². The summed E-state index contributed by atoms with van der Waals surface area (Å²) in [6.45, 7) is 4.50. The van der Waals surface area contributed by atoms with E-state index >= 15 is 0 Å². The van der Waals surface area contributed by atoms with Crippen molar-refractivity contribution in [1.82, 2.24) is 24.8 Å². The molecule has 0 spiro atoms. The van der Waals surface area contributed by atoms with Gasteiger partial charge >= 0.3 is 0 Å². The van der Waals surface area contributed by atoms with Gasteiger partial charge in [0, 0.05) is 51.5 Å². The van der Waals surface area contributed by atoms with Crippen LogP contribution in [0, 0.1) is 0 Å². The zero-order valence-corrected chi connectivity index (χ0v) is 15.3. The fourth-order valence-corrected chi connectivity index (χ4v) is 2.82. The van der Waals surface area contributed by atoms with E-state index in [1.165, 1.54) is 6.33 Å². The first-order chi connectivity index (χ1) is 12.6. The summed E-state index contributed by atoms with van der Waals surface area (Å²) in [5.41, 5.74) is 0.429. The number of rotatable bonds is 6. The molecule has 3 rings (SSSR count). The number of amides is 1. The quantitative estimate of drug-likeness (QED) is 0.821. The van der Waals surface area contributed by atoms with E-state index in [-0.39, 0.29) is 5.91 Å². The van der Waals surface area contributed by atoms with Gasteiger partial charge in [0.15, 0.2) is 0 Å². The standard InChI is InChI=1S/C18H25N7O/c1-23(2)8-7-19-16-13-15(21-14-22-16)18(26)25-11-9-24(10-12-25)17-5-3-4-6-20-17/h3-6,13-14H,7-12H2,1-2H3,(H,19,21,22). The fourth-order valence-electron chi connectivity index (χ4n) is 2.82. The van der Waals surface area contributed by atoms with Gasteiger partial charge in [-0.25, -0.2) is 15.0 Å². The lowest BCUT2D eigenvalue weighted by molar-refractivity contribution is 0.0740. The van der Waals surface area contributed by atoms with Crippen LogP contribution in [0.15, 0.2) is 36.8 Å². The predicted octanol–water partition coefficient (Wildman–Crippen LogP) is 0.807. The van der Waals surface area contributed by atoms with E-state index in [1.807, 2.05) is 37.2 Å². The van der Waals surface area contributed by atoms with Crippen molar-refractivity contribution in [1.29, 1.82) is 0 Å². The van der Waals surface area contributed by atoms with Crippen molar-refractivity contribution in [3.63, 3.8) is 0 Å². The molecule has 8 heteroatoms. The monoisotopic (exact) mass is 355 g/mol. The molecule has 0 bridgehead atoms. The Kier molecular flexibility index (Phi) is 5.96. The molecule has 1 N–H and O–H groups in total. The SMILES string of the molecule is CN(C)CCNc1cc(C(=O)N2CCN(c3ccccn3)CC2)ncn1. The smallest absolute Gasteiger partial charge is 0.272 e. The molecule has 1 aliphatic heterocycles. The molecule has 1 amide bonds. The van der Waals surface area contributed by atoms with Crippen LogP contribution < -0.4 is 10.2 Å². The summed E-state index contributed by atoms with van der Waals surface area (Å²) in [6, 6.07) is 7.60. The predicted molar refractivity (Wildman–Crippen MR) is 101 cm³/mol. The van der Waals surface area contributed by atoms with Gasteiger partial charge in [-0.3, -0.25) is 4.79 Å². The normalized spacial score (nSPS) is 14.6. The maximum absolute atomic E-state index is 12.7. The molecule has 1 aliphatic rings. The van der Waals surface area contributed by atoms with Crippen LogP contribution in [0.2, 0.25) is 0 Å². The number of hydrogen-bond donors (Lipinski definition) is 1. The zero-order chi connectivity index (χ0) is 18.4. The first kappa shape index (κ1) is 18.1. The van der Waals surface area contributed by atoms with Crippen molar-refractivity contribution in [3.05, 3.63) is 42.5 Å². The molecule has 0 unspecified atom stereocenters. The van der Waals surface area contributed by atoms with E-state index in [9.17, 15) is 4.79 Å². The summed E-state index contributed by atoms with van der Waals surface area (Å²) in [6.07, 6.45) is 3.23. The molecule has 1 fully saturated rings. The summed E-state index contributed by atoms with van der Waals surface area (Å²) in [5, 5.41) is 3.22. The molecule has 0 aromatic carbocycles. The van der Waals surface area contributed by atoms with Crippen molar-refractivity contribution in [2.75, 3.05) is 63.6 Å². The summed E-state index contributed by atoms with van der Waals surface area (Å²) in [7, 11) is 4.03. The fraction of sp³-hybridized carbons (Fsp3) is 0.444. The van der Waals surface area contributed by atoms with E-state index in [0.717, 1.165) is 32.0 Å². The number of likely N-dealkylation sites (N-methyl/N-ethyl adjacent to an activating group) is 1. The van der Waals surface area contributed by atoms with E-state index in [1.54, 1.807) is 12.3 Å². The third kappa shape index (κ3) is 4.66. The number of piperazine rings is 1. The molecule has 0 saturated carbocycles. The van der Waals surface area contributed by atoms with E-state index < -0.39 is 0 Å². The third-order valence-electron chi connectivity index (χ3n) is 4.29. The van der Waals surface area contributed by atoms with Gasteiger partial charge in [-0.15, -0.1) is 0 Å². The lowest BCUT2D eigenvalue weighted by Gasteiger charge is -2.35. The Bertz CT molecular complexity index is 714. The van der Waals surface area contributed by atoms with Crippen molar-refractivity contribution in [2.24, 2.45) is 0 Å². The first-order valence-electron chi connectivity index (χ1n) is 8.79. The second kappa shape index (κ2) is 8.57. The average molecular weight is 355 g/mol. The van der Waals surface area contributed by atoms with Crippen LogP contribution in [0.4, 0.5) is 11.6 Å². The number of nitrogens with zero attached hydrogens (tertiary/aromatic N) is 6. The molecule has 0 aliphatic carbocycles. The molecule has 0 radical (unpaired) electrons. The number of nitrogens with one attached hydrogen (secondary N) is 1. The van der Waals surface area contributed by atoms with Crippen LogP contribution >= 0.6 is 0 Å². The Morgan fingerprint density at radius 1 is 1.15 bits per heavy atom. The van der Waals surface area contributed by atoms with Crippen molar-refractivity contribution >= 4 is 17.5 Å². The lowest BCUT2D eigenvalue weighted by atomic mass is 10.2. The molecule has 138 valence electrons. The van der Waals surface area contributed by atoms with Gasteiger partial charge in [-0.1, -0.05) is 6.07 Å². The number of aromatic nitrogens is 3. The van der Waals surface area contributed by atoms with Crippen molar-refractivity contribution < 1.29 is 4.79 Å². The number of anilines is 2. The van der Waals surface area contributed by atoms with Crippen LogP contribution in [0.3, 0.4) is 0 Å². The number of carbonyl (C=O) groups excluding carboxylic acids is 1. The maximum atomic E-state index is 12.7. The zero-order valence-electron chi connectivity index (χ0n) is 15.3. The van der Waals surface area contributed by atoms with Gasteiger partial charge < -0.3 is 20.0 Å². The molecule has 3 heterocycles. The summed E-state index contributed by atoms with van der Waals surface area (Å²) < 4.78 is 0. The summed E-state index contributed by atoms with van der Waals surface area (Å²) in [5.74, 6) is 1.58. The maximum Gasteiger partial charge on any atom is 0.272 e. The van der Waals surface area contributed by atoms with Gasteiger partial charge in [-0.05, 0) is 26.2 Å². The van der Waals surface area contributed by atoms with Crippen molar-refractivity contribution in [3.8, 4) is 0 Å². The van der Waals surface area contributed by atoms with E-state index in [2.05, 4.69) is 30.1 Å². The number of pyridine rings is 1. The van der Waals surface area contributed by atoms with Crippen LogP contribution in [0.25, 0.3) is 0 Å². The van der Waals surface area contributed by atoms with Crippen LogP contribution in [-0.2, 0) is 0 Å².